The van der Waals surface area contributed by atoms with Gasteiger partial charge in [-0.15, -0.1) is 0 Å². The molecule has 28 heavy (non-hydrogen) atoms. The standard InChI is InChI=1S/C20H30FN3O3S/c1-5-15(4)24-19(25)18(14(2)3)22-20(24)10-12-23(13-11-20)28(26,27)17-8-6-16(21)7-9-17/h6-9,14-15,18,22H,5,10-13H2,1-4H3/t15-,18-/m0/s1. The van der Waals surface area contributed by atoms with Gasteiger partial charge in [-0.05, 0) is 56.4 Å². The molecule has 0 aromatic heterocycles. The summed E-state index contributed by atoms with van der Waals surface area (Å²) in [4.78, 5) is 15.1. The summed E-state index contributed by atoms with van der Waals surface area (Å²) in [6, 6.07) is 4.76. The van der Waals surface area contributed by atoms with Gasteiger partial charge in [0.25, 0.3) is 0 Å². The Balaban J connectivity index is 1.82. The van der Waals surface area contributed by atoms with Crippen molar-refractivity contribution >= 4 is 15.9 Å². The first-order valence-corrected chi connectivity index (χ1v) is 11.4. The average Bonchev–Trinajstić information content (AvgIpc) is 2.94. The molecule has 2 fully saturated rings. The SMILES string of the molecule is CC[C@H](C)N1C(=O)[C@H](C(C)C)NC12CCN(S(=O)(=O)c1ccc(F)cc1)CC2. The molecule has 1 N–H and O–H groups in total. The predicted molar refractivity (Wildman–Crippen MR) is 105 cm³/mol. The maximum absolute atomic E-state index is 13.2. The number of carbonyl (C=O) groups excluding carboxylic acids is 1. The summed E-state index contributed by atoms with van der Waals surface area (Å²) in [6.07, 6.45) is 1.91. The number of benzene rings is 1. The zero-order chi connectivity index (χ0) is 20.7. The van der Waals surface area contributed by atoms with Crippen LogP contribution in [0.1, 0.15) is 47.0 Å². The highest BCUT2D eigenvalue weighted by Gasteiger charge is 2.54. The van der Waals surface area contributed by atoms with E-state index in [1.807, 2.05) is 25.7 Å². The first-order valence-electron chi connectivity index (χ1n) is 9.99. The monoisotopic (exact) mass is 411 g/mol. The van der Waals surface area contributed by atoms with Crippen molar-refractivity contribution in [2.24, 2.45) is 5.92 Å². The lowest BCUT2D eigenvalue weighted by molar-refractivity contribution is -0.136. The van der Waals surface area contributed by atoms with Crippen LogP contribution in [0.4, 0.5) is 4.39 Å². The summed E-state index contributed by atoms with van der Waals surface area (Å²) >= 11 is 0. The van der Waals surface area contributed by atoms with Crippen molar-refractivity contribution in [2.45, 2.75) is 69.6 Å². The Morgan fingerprint density at radius 1 is 1.18 bits per heavy atom. The number of amides is 1. The summed E-state index contributed by atoms with van der Waals surface area (Å²) in [6.45, 7) is 8.79. The minimum atomic E-state index is -3.68. The van der Waals surface area contributed by atoms with Gasteiger partial charge in [0.15, 0.2) is 0 Å². The van der Waals surface area contributed by atoms with E-state index >= 15 is 0 Å². The average molecular weight is 412 g/mol. The van der Waals surface area contributed by atoms with Crippen molar-refractivity contribution in [3.05, 3.63) is 30.1 Å². The molecule has 2 saturated heterocycles. The fourth-order valence-electron chi connectivity index (χ4n) is 4.29. The fourth-order valence-corrected chi connectivity index (χ4v) is 5.73. The lowest BCUT2D eigenvalue weighted by Gasteiger charge is -2.46. The molecule has 6 nitrogen and oxygen atoms in total. The van der Waals surface area contributed by atoms with Crippen molar-refractivity contribution in [3.8, 4) is 0 Å². The minimum Gasteiger partial charge on any atom is -0.320 e. The third-order valence-corrected chi connectivity index (χ3v) is 8.00. The van der Waals surface area contributed by atoms with Gasteiger partial charge in [0.1, 0.15) is 5.82 Å². The summed E-state index contributed by atoms with van der Waals surface area (Å²) in [5.41, 5.74) is -0.504. The van der Waals surface area contributed by atoms with Crippen LogP contribution in [0.25, 0.3) is 0 Å². The zero-order valence-electron chi connectivity index (χ0n) is 17.0. The van der Waals surface area contributed by atoms with Crippen LogP contribution in [-0.4, -0.2) is 54.4 Å². The molecule has 1 aromatic rings. The normalized spacial score (nSPS) is 24.3. The van der Waals surface area contributed by atoms with Crippen molar-refractivity contribution < 1.29 is 17.6 Å². The molecule has 2 heterocycles. The van der Waals surface area contributed by atoms with E-state index in [2.05, 4.69) is 12.2 Å². The van der Waals surface area contributed by atoms with Gasteiger partial charge in [0, 0.05) is 19.1 Å². The Labute approximate surface area is 167 Å². The highest BCUT2D eigenvalue weighted by molar-refractivity contribution is 7.89. The number of halogens is 1. The largest absolute Gasteiger partial charge is 0.320 e. The van der Waals surface area contributed by atoms with E-state index in [1.54, 1.807) is 0 Å². The Morgan fingerprint density at radius 2 is 1.75 bits per heavy atom. The number of rotatable bonds is 5. The Kier molecular flexibility index (Phi) is 5.85. The van der Waals surface area contributed by atoms with Gasteiger partial charge in [0.05, 0.1) is 16.6 Å². The van der Waals surface area contributed by atoms with Crippen LogP contribution >= 0.6 is 0 Å². The molecule has 0 bridgehead atoms. The topological polar surface area (TPSA) is 69.7 Å². The first-order chi connectivity index (χ1) is 13.1. The number of hydrogen-bond donors (Lipinski definition) is 1. The summed E-state index contributed by atoms with van der Waals surface area (Å²) in [7, 11) is -3.68. The molecular formula is C20H30FN3O3S. The molecule has 1 aromatic carbocycles. The van der Waals surface area contributed by atoms with Crippen LogP contribution in [0.5, 0.6) is 0 Å². The molecule has 2 atom stereocenters. The number of sulfonamides is 1. The van der Waals surface area contributed by atoms with Gasteiger partial charge in [0.2, 0.25) is 15.9 Å². The van der Waals surface area contributed by atoms with Crippen LogP contribution in [0.3, 0.4) is 0 Å². The van der Waals surface area contributed by atoms with Gasteiger partial charge in [-0.1, -0.05) is 20.8 Å². The van der Waals surface area contributed by atoms with Gasteiger partial charge in [-0.2, -0.15) is 4.31 Å². The van der Waals surface area contributed by atoms with E-state index in [0.717, 1.165) is 18.6 Å². The van der Waals surface area contributed by atoms with Crippen LogP contribution in [0.15, 0.2) is 29.2 Å². The second-order valence-electron chi connectivity index (χ2n) is 8.22. The maximum Gasteiger partial charge on any atom is 0.243 e. The number of nitrogens with zero attached hydrogens (tertiary/aromatic N) is 2. The number of carbonyl (C=O) groups is 1. The van der Waals surface area contributed by atoms with Crippen molar-refractivity contribution in [1.82, 2.24) is 14.5 Å². The highest BCUT2D eigenvalue weighted by Crippen LogP contribution is 2.37. The number of piperidine rings is 1. The molecule has 1 amide bonds. The van der Waals surface area contributed by atoms with E-state index < -0.39 is 21.5 Å². The van der Waals surface area contributed by atoms with Crippen molar-refractivity contribution in [1.29, 1.82) is 0 Å². The molecule has 0 aliphatic carbocycles. The van der Waals surface area contributed by atoms with Crippen LogP contribution in [0.2, 0.25) is 0 Å². The zero-order valence-corrected chi connectivity index (χ0v) is 17.8. The molecule has 0 saturated carbocycles. The summed E-state index contributed by atoms with van der Waals surface area (Å²) < 4.78 is 40.4. The Hall–Kier alpha value is -1.51. The van der Waals surface area contributed by atoms with Gasteiger partial charge >= 0.3 is 0 Å². The van der Waals surface area contributed by atoms with Crippen LogP contribution < -0.4 is 5.32 Å². The van der Waals surface area contributed by atoms with Gasteiger partial charge < -0.3 is 4.90 Å². The van der Waals surface area contributed by atoms with E-state index in [4.69, 9.17) is 0 Å². The number of nitrogens with one attached hydrogen (secondary N) is 1. The lowest BCUT2D eigenvalue weighted by Crippen LogP contribution is -2.61. The van der Waals surface area contributed by atoms with Crippen LogP contribution in [0, 0.1) is 11.7 Å². The van der Waals surface area contributed by atoms with E-state index in [1.165, 1.54) is 16.4 Å². The molecule has 2 aliphatic heterocycles. The van der Waals surface area contributed by atoms with Gasteiger partial charge in [-0.3, -0.25) is 10.1 Å². The third kappa shape index (κ3) is 3.57. The Bertz CT molecular complexity index is 818. The minimum absolute atomic E-state index is 0.0870. The van der Waals surface area contributed by atoms with Crippen molar-refractivity contribution in [2.75, 3.05) is 13.1 Å². The lowest BCUT2D eigenvalue weighted by atomic mass is 9.95. The molecule has 8 heteroatoms. The summed E-state index contributed by atoms with van der Waals surface area (Å²) in [5.74, 6) is -0.187. The van der Waals surface area contributed by atoms with Gasteiger partial charge in [-0.25, -0.2) is 12.8 Å². The second-order valence-corrected chi connectivity index (χ2v) is 10.2. The smallest absolute Gasteiger partial charge is 0.243 e. The van der Waals surface area contributed by atoms with E-state index in [-0.39, 0.29) is 28.8 Å². The summed E-state index contributed by atoms with van der Waals surface area (Å²) in [5, 5.41) is 3.55. The first kappa shape index (κ1) is 21.2. The second kappa shape index (κ2) is 7.72. The van der Waals surface area contributed by atoms with E-state index in [0.29, 0.717) is 25.9 Å². The molecule has 2 aliphatic rings. The molecule has 1 spiro atoms. The molecule has 0 radical (unpaired) electrons. The maximum atomic E-state index is 13.2. The third-order valence-electron chi connectivity index (χ3n) is 6.09. The molecule has 156 valence electrons. The predicted octanol–water partition coefficient (Wildman–Crippen LogP) is 2.56. The Morgan fingerprint density at radius 3 is 2.25 bits per heavy atom. The quantitative estimate of drug-likeness (QED) is 0.809. The van der Waals surface area contributed by atoms with Crippen LogP contribution in [-0.2, 0) is 14.8 Å². The number of hydrogen-bond acceptors (Lipinski definition) is 4. The highest BCUT2D eigenvalue weighted by atomic mass is 32.2. The van der Waals surface area contributed by atoms with Crippen molar-refractivity contribution in [3.63, 3.8) is 0 Å². The van der Waals surface area contributed by atoms with E-state index in [9.17, 15) is 17.6 Å². The molecule has 3 rings (SSSR count). The fraction of sp³-hybridized carbons (Fsp3) is 0.650. The molecular weight excluding hydrogens is 381 g/mol. The molecule has 0 unspecified atom stereocenters.